The average Bonchev–Trinajstić information content (AvgIpc) is 3.08. The smallest absolute Gasteiger partial charge is 0.225 e. The molecule has 0 aliphatic carbocycles. The van der Waals surface area contributed by atoms with Crippen molar-refractivity contribution in [1.82, 2.24) is 0 Å². The number of thiophene rings is 1. The van der Waals surface area contributed by atoms with Crippen LogP contribution in [0.25, 0.3) is 0 Å². The van der Waals surface area contributed by atoms with Gasteiger partial charge in [0, 0.05) is 22.6 Å². The third-order valence-corrected chi connectivity index (χ3v) is 8.30. The maximum Gasteiger partial charge on any atom is 0.225 e. The molecule has 1 aliphatic heterocycles. The topological polar surface area (TPSA) is 63.2 Å². The Labute approximate surface area is 169 Å². The molecular formula is C22H21NO3S2. The van der Waals surface area contributed by atoms with Gasteiger partial charge in [0.15, 0.2) is 0 Å². The van der Waals surface area contributed by atoms with E-state index in [1.165, 1.54) is 16.9 Å². The molecule has 6 heteroatoms. The van der Waals surface area contributed by atoms with Crippen LogP contribution in [-0.2, 0) is 14.6 Å². The molecule has 28 heavy (non-hydrogen) atoms. The monoisotopic (exact) mass is 411 g/mol. The van der Waals surface area contributed by atoms with Crippen molar-refractivity contribution in [2.24, 2.45) is 0 Å². The summed E-state index contributed by atoms with van der Waals surface area (Å²) in [5, 5.41) is 4.47. The van der Waals surface area contributed by atoms with Crippen LogP contribution in [0.4, 0.5) is 5.69 Å². The minimum Gasteiger partial charge on any atom is -0.324 e. The highest BCUT2D eigenvalue weighted by Gasteiger charge is 2.34. The number of hydrogen-bond donors (Lipinski definition) is 1. The Morgan fingerprint density at radius 1 is 1.04 bits per heavy atom. The van der Waals surface area contributed by atoms with Crippen molar-refractivity contribution < 1.29 is 13.2 Å². The van der Waals surface area contributed by atoms with Crippen molar-refractivity contribution in [2.45, 2.75) is 42.9 Å². The predicted molar refractivity (Wildman–Crippen MR) is 112 cm³/mol. The number of benzene rings is 2. The first kappa shape index (κ1) is 18.9. The van der Waals surface area contributed by atoms with Crippen LogP contribution in [0.2, 0.25) is 0 Å². The highest BCUT2D eigenvalue weighted by molar-refractivity contribution is 7.91. The van der Waals surface area contributed by atoms with Crippen LogP contribution in [-0.4, -0.2) is 14.3 Å². The molecule has 1 amide bonds. The summed E-state index contributed by atoms with van der Waals surface area (Å²) in [7, 11) is -3.71. The minimum absolute atomic E-state index is 0.130. The van der Waals surface area contributed by atoms with E-state index in [4.69, 9.17) is 0 Å². The maximum absolute atomic E-state index is 13.2. The Morgan fingerprint density at radius 3 is 2.54 bits per heavy atom. The van der Waals surface area contributed by atoms with Gasteiger partial charge in [-0.05, 0) is 55.2 Å². The van der Waals surface area contributed by atoms with Crippen LogP contribution >= 0.6 is 11.3 Å². The number of carbonyl (C=O) groups excluding carboxylic acids is 1. The summed E-state index contributed by atoms with van der Waals surface area (Å²) in [4.78, 5) is 13.8. The molecule has 144 valence electrons. The third kappa shape index (κ3) is 3.16. The number of aryl methyl sites for hydroxylation is 3. The molecule has 4 rings (SSSR count). The average molecular weight is 412 g/mol. The summed E-state index contributed by atoms with van der Waals surface area (Å²) < 4.78 is 26.4. The predicted octanol–water partition coefficient (Wildman–Crippen LogP) is 4.98. The van der Waals surface area contributed by atoms with Gasteiger partial charge in [0.05, 0.1) is 10.6 Å². The first-order valence-electron chi connectivity index (χ1n) is 9.07. The summed E-state index contributed by atoms with van der Waals surface area (Å²) in [5.74, 6) is -0.288. The molecule has 3 aromatic rings. The summed E-state index contributed by atoms with van der Waals surface area (Å²) in [6.45, 7) is 5.96. The van der Waals surface area contributed by atoms with Gasteiger partial charge in [-0.15, -0.1) is 11.3 Å². The van der Waals surface area contributed by atoms with Crippen LogP contribution in [0, 0.1) is 20.8 Å². The number of fused-ring (bicyclic) bond motifs is 1. The van der Waals surface area contributed by atoms with Gasteiger partial charge in [-0.3, -0.25) is 4.79 Å². The van der Waals surface area contributed by atoms with Crippen molar-refractivity contribution in [1.29, 1.82) is 0 Å². The normalized spacial score (nSPS) is 16.5. The Balaban J connectivity index is 1.84. The van der Waals surface area contributed by atoms with Crippen molar-refractivity contribution >= 4 is 32.8 Å². The number of amides is 1. The zero-order chi connectivity index (χ0) is 20.1. The molecule has 0 fully saturated rings. The quantitative estimate of drug-likeness (QED) is 0.661. The van der Waals surface area contributed by atoms with E-state index in [0.717, 1.165) is 21.6 Å². The molecule has 0 unspecified atom stereocenters. The number of rotatable bonds is 3. The van der Waals surface area contributed by atoms with Crippen LogP contribution in [0.15, 0.2) is 57.6 Å². The van der Waals surface area contributed by atoms with E-state index < -0.39 is 9.84 Å². The molecule has 0 spiro atoms. The molecule has 1 aromatic heterocycles. The van der Waals surface area contributed by atoms with E-state index in [0.29, 0.717) is 12.1 Å². The van der Waals surface area contributed by atoms with Crippen LogP contribution in [0.3, 0.4) is 0 Å². The fourth-order valence-electron chi connectivity index (χ4n) is 3.56. The lowest BCUT2D eigenvalue weighted by molar-refractivity contribution is -0.116. The van der Waals surface area contributed by atoms with Crippen molar-refractivity contribution in [2.75, 3.05) is 5.32 Å². The Kier molecular flexibility index (Phi) is 4.63. The third-order valence-electron chi connectivity index (χ3n) is 5.28. The van der Waals surface area contributed by atoms with Crippen molar-refractivity contribution in [3.63, 3.8) is 0 Å². The second-order valence-electron chi connectivity index (χ2n) is 7.31. The Hall–Kier alpha value is -2.44. The summed E-state index contributed by atoms with van der Waals surface area (Å²) in [6, 6.07) is 13.0. The van der Waals surface area contributed by atoms with Crippen LogP contribution < -0.4 is 5.32 Å². The van der Waals surface area contributed by atoms with Crippen molar-refractivity contribution in [3.8, 4) is 0 Å². The van der Waals surface area contributed by atoms with E-state index in [1.807, 2.05) is 26.0 Å². The van der Waals surface area contributed by atoms with Gasteiger partial charge < -0.3 is 5.32 Å². The number of anilines is 1. The van der Waals surface area contributed by atoms with E-state index in [1.54, 1.807) is 23.6 Å². The van der Waals surface area contributed by atoms with Gasteiger partial charge in [-0.25, -0.2) is 8.42 Å². The fraction of sp³-hybridized carbons (Fsp3) is 0.227. The highest BCUT2D eigenvalue weighted by Crippen LogP contribution is 2.46. The van der Waals surface area contributed by atoms with E-state index >= 15 is 0 Å². The van der Waals surface area contributed by atoms with Gasteiger partial charge in [-0.2, -0.15) is 0 Å². The molecule has 0 radical (unpaired) electrons. The lowest BCUT2D eigenvalue weighted by Crippen LogP contribution is -2.23. The zero-order valence-corrected chi connectivity index (χ0v) is 17.6. The molecule has 0 bridgehead atoms. The summed E-state index contributed by atoms with van der Waals surface area (Å²) >= 11 is 1.40. The van der Waals surface area contributed by atoms with Gasteiger partial charge in [0.25, 0.3) is 0 Å². The van der Waals surface area contributed by atoms with Gasteiger partial charge in [0.2, 0.25) is 15.7 Å². The largest absolute Gasteiger partial charge is 0.324 e. The molecule has 1 N–H and O–H groups in total. The molecule has 4 nitrogen and oxygen atoms in total. The lowest BCUT2D eigenvalue weighted by atomic mass is 9.89. The number of hydrogen-bond acceptors (Lipinski definition) is 4. The number of nitrogens with one attached hydrogen (secondary N) is 1. The standard InChI is InChI=1S/C22H21NO3S2/c1-13-5-4-6-17(9-13)28(25,26)19-12-27-22-18(11-20(24)23-21(19)22)16-8-7-14(2)15(3)10-16/h4-10,12,18H,11H2,1-3H3,(H,23,24)/t18-/m1/s1. The summed E-state index contributed by atoms with van der Waals surface area (Å²) in [6.07, 6.45) is 0.319. The van der Waals surface area contributed by atoms with Gasteiger partial charge in [0.1, 0.15) is 4.90 Å². The van der Waals surface area contributed by atoms with E-state index in [-0.39, 0.29) is 21.6 Å². The molecular weight excluding hydrogens is 390 g/mol. The first-order chi connectivity index (χ1) is 13.3. The SMILES string of the molecule is Cc1cccc(S(=O)(=O)c2csc3c2NC(=O)C[C@@H]3c2ccc(C)c(C)c2)c1. The summed E-state index contributed by atoms with van der Waals surface area (Å²) in [5.41, 5.74) is 4.71. The fourth-order valence-corrected chi connectivity index (χ4v) is 6.57. The Morgan fingerprint density at radius 2 is 1.82 bits per heavy atom. The molecule has 2 aromatic carbocycles. The molecule has 1 atom stereocenters. The molecule has 1 aliphatic rings. The van der Waals surface area contributed by atoms with Crippen LogP contribution in [0.1, 0.15) is 39.5 Å². The highest BCUT2D eigenvalue weighted by atomic mass is 32.2. The van der Waals surface area contributed by atoms with Gasteiger partial charge >= 0.3 is 0 Å². The van der Waals surface area contributed by atoms with E-state index in [9.17, 15) is 13.2 Å². The zero-order valence-electron chi connectivity index (χ0n) is 15.9. The second kappa shape index (κ2) is 6.87. The van der Waals surface area contributed by atoms with Gasteiger partial charge in [-0.1, -0.05) is 30.3 Å². The lowest BCUT2D eigenvalue weighted by Gasteiger charge is -2.24. The Bertz CT molecular complexity index is 1190. The first-order valence-corrected chi connectivity index (χ1v) is 11.4. The number of sulfone groups is 1. The molecule has 2 heterocycles. The second-order valence-corrected chi connectivity index (χ2v) is 10.1. The van der Waals surface area contributed by atoms with Crippen LogP contribution in [0.5, 0.6) is 0 Å². The molecule has 0 saturated heterocycles. The number of carbonyl (C=O) groups is 1. The minimum atomic E-state index is -3.71. The van der Waals surface area contributed by atoms with Crippen molar-refractivity contribution in [3.05, 3.63) is 75.0 Å². The maximum atomic E-state index is 13.2. The molecule has 0 saturated carbocycles. The van der Waals surface area contributed by atoms with E-state index in [2.05, 4.69) is 24.4 Å².